The highest BCUT2D eigenvalue weighted by Gasteiger charge is 2.36. The Morgan fingerprint density at radius 1 is 1.29 bits per heavy atom. The summed E-state index contributed by atoms with van der Waals surface area (Å²) in [6, 6.07) is 4.47. The molecule has 1 aromatic rings. The van der Waals surface area contributed by atoms with Crippen LogP contribution in [0.3, 0.4) is 0 Å². The van der Waals surface area contributed by atoms with Gasteiger partial charge in [-0.25, -0.2) is 4.39 Å². The number of methoxy groups -OCH3 is 1. The van der Waals surface area contributed by atoms with Crippen molar-refractivity contribution in [2.75, 3.05) is 20.2 Å². The molecule has 21 heavy (non-hydrogen) atoms. The van der Waals surface area contributed by atoms with Gasteiger partial charge in [0, 0.05) is 25.0 Å². The van der Waals surface area contributed by atoms with Crippen molar-refractivity contribution in [3.63, 3.8) is 0 Å². The van der Waals surface area contributed by atoms with Crippen molar-refractivity contribution in [1.82, 2.24) is 4.90 Å². The van der Waals surface area contributed by atoms with Crippen LogP contribution in [0.2, 0.25) is 0 Å². The molecule has 3 nitrogen and oxygen atoms in total. The van der Waals surface area contributed by atoms with Crippen LogP contribution in [0, 0.1) is 5.82 Å². The highest BCUT2D eigenvalue weighted by Crippen LogP contribution is 2.32. The maximum Gasteiger partial charge on any atom is 0.123 e. The van der Waals surface area contributed by atoms with Gasteiger partial charge in [-0.2, -0.15) is 0 Å². The van der Waals surface area contributed by atoms with Crippen molar-refractivity contribution in [3.05, 3.63) is 29.6 Å². The first-order chi connectivity index (χ1) is 9.73. The largest absolute Gasteiger partial charge is 0.496 e. The number of rotatable bonds is 3. The first kappa shape index (κ1) is 16.2. The second-order valence-corrected chi connectivity index (χ2v) is 7.02. The molecule has 0 aromatic heterocycles. The fraction of sp³-hybridized carbons (Fsp3) is 0.647. The molecule has 4 heteroatoms. The van der Waals surface area contributed by atoms with Crippen LogP contribution in [0.4, 0.5) is 4.39 Å². The van der Waals surface area contributed by atoms with Crippen LogP contribution >= 0.6 is 0 Å². The van der Waals surface area contributed by atoms with Gasteiger partial charge in [0.25, 0.3) is 0 Å². The molecular weight excluding hydrogens is 269 g/mol. The average molecular weight is 295 g/mol. The molecule has 118 valence electrons. The summed E-state index contributed by atoms with van der Waals surface area (Å²) >= 11 is 0. The number of hydrogen-bond donors (Lipinski definition) is 1. The van der Waals surface area contributed by atoms with E-state index in [1.807, 2.05) is 0 Å². The minimum Gasteiger partial charge on any atom is -0.496 e. The van der Waals surface area contributed by atoms with E-state index in [0.29, 0.717) is 25.0 Å². The van der Waals surface area contributed by atoms with E-state index in [0.717, 1.165) is 18.7 Å². The molecule has 2 rings (SSSR count). The van der Waals surface area contributed by atoms with E-state index in [2.05, 4.69) is 25.7 Å². The van der Waals surface area contributed by atoms with Crippen molar-refractivity contribution in [2.45, 2.75) is 51.2 Å². The first-order valence-electron chi connectivity index (χ1n) is 7.53. The SMILES string of the molecule is COc1ccc(F)cc1CC1(O)CCN(C(C)(C)C)CC1. The van der Waals surface area contributed by atoms with E-state index in [4.69, 9.17) is 4.74 Å². The maximum atomic E-state index is 13.4. The molecule has 0 aliphatic carbocycles. The van der Waals surface area contributed by atoms with Gasteiger partial charge in [0.1, 0.15) is 11.6 Å². The molecule has 0 atom stereocenters. The third kappa shape index (κ3) is 3.95. The summed E-state index contributed by atoms with van der Waals surface area (Å²) in [6.07, 6.45) is 1.83. The van der Waals surface area contributed by atoms with Crippen LogP contribution in [0.1, 0.15) is 39.2 Å². The molecule has 1 aromatic carbocycles. The normalized spacial score (nSPS) is 19.5. The first-order valence-corrected chi connectivity index (χ1v) is 7.53. The predicted octanol–water partition coefficient (Wildman–Crippen LogP) is 3.00. The lowest BCUT2D eigenvalue weighted by atomic mass is 9.83. The molecule has 0 radical (unpaired) electrons. The van der Waals surface area contributed by atoms with Gasteiger partial charge in [0.05, 0.1) is 12.7 Å². The van der Waals surface area contributed by atoms with Gasteiger partial charge in [0.15, 0.2) is 0 Å². The molecule has 0 amide bonds. The highest BCUT2D eigenvalue weighted by atomic mass is 19.1. The number of piperidine rings is 1. The topological polar surface area (TPSA) is 32.7 Å². The lowest BCUT2D eigenvalue weighted by molar-refractivity contribution is -0.0413. The number of nitrogens with zero attached hydrogens (tertiary/aromatic N) is 1. The van der Waals surface area contributed by atoms with E-state index in [9.17, 15) is 9.50 Å². The number of hydrogen-bond acceptors (Lipinski definition) is 3. The minimum atomic E-state index is -0.775. The Morgan fingerprint density at radius 3 is 2.43 bits per heavy atom. The number of benzene rings is 1. The van der Waals surface area contributed by atoms with Crippen LogP contribution in [0.15, 0.2) is 18.2 Å². The second-order valence-electron chi connectivity index (χ2n) is 7.02. The standard InChI is InChI=1S/C17H26FNO2/c1-16(2,3)19-9-7-17(20,8-10-19)12-13-11-14(18)5-6-15(13)21-4/h5-6,11,20H,7-10,12H2,1-4H3. The molecular formula is C17H26FNO2. The quantitative estimate of drug-likeness (QED) is 0.930. The smallest absolute Gasteiger partial charge is 0.123 e. The third-order valence-corrected chi connectivity index (χ3v) is 4.40. The van der Waals surface area contributed by atoms with Crippen molar-refractivity contribution in [3.8, 4) is 5.75 Å². The fourth-order valence-electron chi connectivity index (χ4n) is 3.01. The lowest BCUT2D eigenvalue weighted by Gasteiger charge is -2.44. The molecule has 1 fully saturated rings. The van der Waals surface area contributed by atoms with Crippen LogP contribution in [-0.4, -0.2) is 41.3 Å². The zero-order valence-corrected chi connectivity index (χ0v) is 13.4. The molecule has 0 bridgehead atoms. The Balaban J connectivity index is 2.08. The summed E-state index contributed by atoms with van der Waals surface area (Å²) < 4.78 is 18.7. The highest BCUT2D eigenvalue weighted by molar-refractivity contribution is 5.35. The van der Waals surface area contributed by atoms with Crippen LogP contribution in [0.25, 0.3) is 0 Å². The van der Waals surface area contributed by atoms with Crippen molar-refractivity contribution in [1.29, 1.82) is 0 Å². The molecule has 0 spiro atoms. The third-order valence-electron chi connectivity index (χ3n) is 4.40. The van der Waals surface area contributed by atoms with Gasteiger partial charge in [0.2, 0.25) is 0 Å². The average Bonchev–Trinajstić information content (AvgIpc) is 2.38. The van der Waals surface area contributed by atoms with E-state index >= 15 is 0 Å². The van der Waals surface area contributed by atoms with E-state index < -0.39 is 5.60 Å². The van der Waals surface area contributed by atoms with Crippen molar-refractivity contribution in [2.24, 2.45) is 0 Å². The Bertz CT molecular complexity index is 488. The second kappa shape index (κ2) is 5.93. The van der Waals surface area contributed by atoms with Crippen LogP contribution < -0.4 is 4.74 Å². The molecule has 1 heterocycles. The Kier molecular flexibility index (Phi) is 4.59. The number of halogens is 1. The maximum absolute atomic E-state index is 13.4. The number of likely N-dealkylation sites (tertiary alicyclic amines) is 1. The molecule has 1 saturated heterocycles. The lowest BCUT2D eigenvalue weighted by Crippen LogP contribution is -2.52. The van der Waals surface area contributed by atoms with Gasteiger partial charge >= 0.3 is 0 Å². The van der Waals surface area contributed by atoms with Crippen LogP contribution in [0.5, 0.6) is 5.75 Å². The van der Waals surface area contributed by atoms with E-state index in [1.54, 1.807) is 13.2 Å². The Labute approximate surface area is 126 Å². The summed E-state index contributed by atoms with van der Waals surface area (Å²) in [7, 11) is 1.57. The molecule has 0 unspecified atom stereocenters. The van der Waals surface area contributed by atoms with E-state index in [1.165, 1.54) is 12.1 Å². The summed E-state index contributed by atoms with van der Waals surface area (Å²) in [5, 5.41) is 10.8. The van der Waals surface area contributed by atoms with Gasteiger partial charge in [-0.05, 0) is 57.4 Å². The monoisotopic (exact) mass is 295 g/mol. The van der Waals surface area contributed by atoms with E-state index in [-0.39, 0.29) is 11.4 Å². The predicted molar refractivity (Wildman–Crippen MR) is 82.2 cm³/mol. The summed E-state index contributed by atoms with van der Waals surface area (Å²) in [4.78, 5) is 2.38. The van der Waals surface area contributed by atoms with Gasteiger partial charge < -0.3 is 9.84 Å². The van der Waals surface area contributed by atoms with Gasteiger partial charge in [-0.1, -0.05) is 0 Å². The van der Waals surface area contributed by atoms with Crippen LogP contribution in [-0.2, 0) is 6.42 Å². The summed E-state index contributed by atoms with van der Waals surface area (Å²) in [5.41, 5.74) is 0.0879. The molecule has 1 N–H and O–H groups in total. The summed E-state index contributed by atoms with van der Waals surface area (Å²) in [5.74, 6) is 0.351. The molecule has 0 saturated carbocycles. The number of ether oxygens (including phenoxy) is 1. The fourth-order valence-corrected chi connectivity index (χ4v) is 3.01. The number of aliphatic hydroxyl groups is 1. The zero-order valence-electron chi connectivity index (χ0n) is 13.4. The van der Waals surface area contributed by atoms with Gasteiger partial charge in [-0.3, -0.25) is 4.90 Å². The Hall–Kier alpha value is -1.13. The van der Waals surface area contributed by atoms with Crippen molar-refractivity contribution < 1.29 is 14.2 Å². The Morgan fingerprint density at radius 2 is 1.90 bits per heavy atom. The zero-order chi connectivity index (χ0) is 15.7. The van der Waals surface area contributed by atoms with Gasteiger partial charge in [-0.15, -0.1) is 0 Å². The van der Waals surface area contributed by atoms with Crippen molar-refractivity contribution >= 4 is 0 Å². The summed E-state index contributed by atoms with van der Waals surface area (Å²) in [6.45, 7) is 8.28. The molecule has 1 aliphatic heterocycles. The minimum absolute atomic E-state index is 0.123. The molecule has 1 aliphatic rings.